The van der Waals surface area contributed by atoms with E-state index in [2.05, 4.69) is 10.6 Å². The lowest BCUT2D eigenvalue weighted by Gasteiger charge is -2.34. The Labute approximate surface area is 194 Å². The molecule has 1 aromatic heterocycles. The van der Waals surface area contributed by atoms with Crippen molar-refractivity contribution >= 4 is 17.9 Å². The molecule has 3 heterocycles. The van der Waals surface area contributed by atoms with Crippen LogP contribution in [0, 0.1) is 25.2 Å². The van der Waals surface area contributed by atoms with Gasteiger partial charge in [-0.3, -0.25) is 9.59 Å². The van der Waals surface area contributed by atoms with Gasteiger partial charge in [-0.05, 0) is 56.5 Å². The minimum absolute atomic E-state index is 0.0302. The molecular formula is C26H30N4O3. The normalized spacial score (nSPS) is 18.9. The number of nitriles is 1. The van der Waals surface area contributed by atoms with Crippen LogP contribution in [0.3, 0.4) is 0 Å². The van der Waals surface area contributed by atoms with E-state index >= 15 is 0 Å². The summed E-state index contributed by atoms with van der Waals surface area (Å²) in [7, 11) is 0. The molecule has 172 valence electrons. The molecule has 1 unspecified atom stereocenters. The Kier molecular flexibility index (Phi) is 6.95. The van der Waals surface area contributed by atoms with Gasteiger partial charge >= 0.3 is 0 Å². The lowest BCUT2D eigenvalue weighted by Crippen LogP contribution is -2.50. The number of rotatable bonds is 5. The van der Waals surface area contributed by atoms with E-state index in [0.717, 1.165) is 42.9 Å². The highest BCUT2D eigenvalue weighted by Gasteiger charge is 2.27. The Morgan fingerprint density at radius 1 is 1.12 bits per heavy atom. The van der Waals surface area contributed by atoms with Gasteiger partial charge in [-0.15, -0.1) is 0 Å². The highest BCUT2D eigenvalue weighted by molar-refractivity contribution is 6.02. The van der Waals surface area contributed by atoms with Crippen molar-refractivity contribution in [1.29, 1.82) is 5.26 Å². The van der Waals surface area contributed by atoms with Gasteiger partial charge in [-0.2, -0.15) is 5.26 Å². The Bertz CT molecular complexity index is 1080. The van der Waals surface area contributed by atoms with E-state index in [1.807, 2.05) is 38.1 Å². The van der Waals surface area contributed by atoms with Crippen LogP contribution in [0.4, 0.5) is 0 Å². The fourth-order valence-corrected chi connectivity index (χ4v) is 4.59. The average molecular weight is 447 g/mol. The first kappa shape index (κ1) is 22.8. The van der Waals surface area contributed by atoms with Gasteiger partial charge in [0.05, 0.1) is 6.10 Å². The Balaban J connectivity index is 1.42. The Morgan fingerprint density at radius 2 is 1.82 bits per heavy atom. The van der Waals surface area contributed by atoms with Gasteiger partial charge in [-0.1, -0.05) is 18.2 Å². The van der Waals surface area contributed by atoms with Crippen LogP contribution in [-0.4, -0.2) is 65.1 Å². The van der Waals surface area contributed by atoms with Crippen LogP contribution in [0.1, 0.15) is 40.2 Å². The quantitative estimate of drug-likeness (QED) is 0.522. The Hall–Kier alpha value is -3.37. The topological polar surface area (TPSA) is 78.6 Å². The summed E-state index contributed by atoms with van der Waals surface area (Å²) in [5.41, 5.74) is 3.77. The number of hydrogen-bond acceptors (Lipinski definition) is 4. The molecule has 2 aliphatic rings. The summed E-state index contributed by atoms with van der Waals surface area (Å²) >= 11 is 0. The van der Waals surface area contributed by atoms with E-state index in [4.69, 9.17) is 4.74 Å². The van der Waals surface area contributed by atoms with Gasteiger partial charge in [0, 0.05) is 56.3 Å². The highest BCUT2D eigenvalue weighted by atomic mass is 16.5. The summed E-state index contributed by atoms with van der Waals surface area (Å²) in [5.74, 6) is -0.314. The number of aryl methyl sites for hydroxylation is 1. The summed E-state index contributed by atoms with van der Waals surface area (Å²) < 4.78 is 7.98. The summed E-state index contributed by atoms with van der Waals surface area (Å²) in [6.07, 6.45) is 4.06. The second-order valence-electron chi connectivity index (χ2n) is 8.69. The first-order valence-electron chi connectivity index (χ1n) is 11.5. The molecule has 2 amide bonds. The zero-order valence-corrected chi connectivity index (χ0v) is 19.3. The molecule has 2 fully saturated rings. The second kappa shape index (κ2) is 10.1. The largest absolute Gasteiger partial charge is 0.376 e. The zero-order chi connectivity index (χ0) is 23.4. The summed E-state index contributed by atoms with van der Waals surface area (Å²) in [6.45, 7) is 7.38. The van der Waals surface area contributed by atoms with Crippen molar-refractivity contribution in [1.82, 2.24) is 14.4 Å². The van der Waals surface area contributed by atoms with Gasteiger partial charge in [0.1, 0.15) is 11.6 Å². The molecule has 0 saturated carbocycles. The Morgan fingerprint density at radius 3 is 2.45 bits per heavy atom. The molecule has 7 nitrogen and oxygen atoms in total. The number of piperazine rings is 1. The molecule has 1 aromatic carbocycles. The van der Waals surface area contributed by atoms with Gasteiger partial charge < -0.3 is 19.1 Å². The minimum atomic E-state index is -0.284. The second-order valence-corrected chi connectivity index (χ2v) is 8.69. The molecule has 2 saturated heterocycles. The van der Waals surface area contributed by atoms with Crippen molar-refractivity contribution in [2.45, 2.75) is 39.3 Å². The van der Waals surface area contributed by atoms with Crippen molar-refractivity contribution in [2.24, 2.45) is 0 Å². The molecule has 0 N–H and O–H groups in total. The third-order valence-electron chi connectivity index (χ3n) is 6.55. The zero-order valence-electron chi connectivity index (χ0n) is 19.3. The number of nitrogens with zero attached hydrogens (tertiary/aromatic N) is 4. The predicted octanol–water partition coefficient (Wildman–Crippen LogP) is 3.18. The highest BCUT2D eigenvalue weighted by Crippen LogP contribution is 2.22. The molecular weight excluding hydrogens is 416 g/mol. The van der Waals surface area contributed by atoms with Crippen molar-refractivity contribution in [3.8, 4) is 6.07 Å². The van der Waals surface area contributed by atoms with Crippen LogP contribution >= 0.6 is 0 Å². The smallest absolute Gasteiger partial charge is 0.264 e. The maximum atomic E-state index is 13.1. The summed E-state index contributed by atoms with van der Waals surface area (Å²) in [5, 5.41) is 9.72. The third-order valence-corrected chi connectivity index (χ3v) is 6.55. The summed E-state index contributed by atoms with van der Waals surface area (Å²) in [6, 6.07) is 13.3. The van der Waals surface area contributed by atoms with Gasteiger partial charge in [0.2, 0.25) is 0 Å². The monoisotopic (exact) mass is 446 g/mol. The molecule has 2 aromatic rings. The maximum Gasteiger partial charge on any atom is 0.264 e. The van der Waals surface area contributed by atoms with Crippen molar-refractivity contribution in [3.05, 3.63) is 64.5 Å². The number of benzene rings is 1. The summed E-state index contributed by atoms with van der Waals surface area (Å²) in [4.78, 5) is 29.1. The number of ether oxygens (including phenoxy) is 1. The van der Waals surface area contributed by atoms with Crippen LogP contribution in [0.15, 0.2) is 42.0 Å². The van der Waals surface area contributed by atoms with Crippen LogP contribution in [0.5, 0.6) is 0 Å². The van der Waals surface area contributed by atoms with Crippen molar-refractivity contribution in [3.63, 3.8) is 0 Å². The van der Waals surface area contributed by atoms with Crippen LogP contribution in [-0.2, 0) is 16.1 Å². The molecule has 0 radical (unpaired) electrons. The predicted molar refractivity (Wildman–Crippen MR) is 125 cm³/mol. The van der Waals surface area contributed by atoms with E-state index in [9.17, 15) is 14.9 Å². The van der Waals surface area contributed by atoms with Gasteiger partial charge in [0.25, 0.3) is 11.8 Å². The van der Waals surface area contributed by atoms with Crippen LogP contribution < -0.4 is 0 Å². The molecule has 4 rings (SSSR count). The SMILES string of the molecule is Cc1cc(/C=C(\C#N)C(=O)N2CCN(C(=O)c3ccccc3)CC2)c(C)n1CC1CCCO1. The molecule has 0 bridgehead atoms. The van der Waals surface area contributed by atoms with E-state index in [1.54, 1.807) is 28.0 Å². The lowest BCUT2D eigenvalue weighted by molar-refractivity contribution is -0.128. The van der Waals surface area contributed by atoms with Crippen molar-refractivity contribution < 1.29 is 14.3 Å². The lowest BCUT2D eigenvalue weighted by atomic mass is 10.1. The molecule has 0 aliphatic carbocycles. The maximum absolute atomic E-state index is 13.1. The standard InChI is InChI=1S/C26H30N4O3/c1-19-15-22(20(2)30(19)18-24-9-6-14-33-24)16-23(17-27)26(32)29-12-10-28(11-13-29)25(31)21-7-4-3-5-8-21/h3-5,7-8,15-16,24H,6,9-14,18H2,1-2H3/b23-16+. The minimum Gasteiger partial charge on any atom is -0.376 e. The van der Waals surface area contributed by atoms with Gasteiger partial charge in [-0.25, -0.2) is 0 Å². The molecule has 7 heteroatoms. The molecule has 33 heavy (non-hydrogen) atoms. The molecule has 0 spiro atoms. The number of carbonyl (C=O) groups excluding carboxylic acids is 2. The number of aromatic nitrogens is 1. The first-order chi connectivity index (χ1) is 16.0. The number of hydrogen-bond donors (Lipinski definition) is 0. The first-order valence-corrected chi connectivity index (χ1v) is 11.5. The fraction of sp³-hybridized carbons (Fsp3) is 0.423. The fourth-order valence-electron chi connectivity index (χ4n) is 4.59. The van der Waals surface area contributed by atoms with E-state index < -0.39 is 0 Å². The van der Waals surface area contributed by atoms with Gasteiger partial charge in [0.15, 0.2) is 0 Å². The van der Waals surface area contributed by atoms with E-state index in [0.29, 0.717) is 31.7 Å². The molecule has 2 aliphatic heterocycles. The van der Waals surface area contributed by atoms with E-state index in [1.165, 1.54) is 0 Å². The van der Waals surface area contributed by atoms with Crippen molar-refractivity contribution in [2.75, 3.05) is 32.8 Å². The number of carbonyl (C=O) groups is 2. The number of amides is 2. The van der Waals surface area contributed by atoms with Crippen LogP contribution in [0.2, 0.25) is 0 Å². The van der Waals surface area contributed by atoms with E-state index in [-0.39, 0.29) is 23.5 Å². The molecule has 1 atom stereocenters. The van der Waals surface area contributed by atoms with Crippen LogP contribution in [0.25, 0.3) is 6.08 Å². The average Bonchev–Trinajstić information content (AvgIpc) is 3.46. The third kappa shape index (κ3) is 5.01.